The number of azide groups is 1. The molecule has 0 saturated carbocycles. The van der Waals surface area contributed by atoms with Gasteiger partial charge >= 0.3 is 5.97 Å². The molecule has 0 aromatic carbocycles. The van der Waals surface area contributed by atoms with Crippen LogP contribution in [0.1, 0.15) is 19.3 Å². The van der Waals surface area contributed by atoms with Gasteiger partial charge in [0.1, 0.15) is 5.54 Å². The minimum absolute atomic E-state index is 0.210. The number of nitrogens with zero attached hydrogens (tertiary/aromatic N) is 4. The van der Waals surface area contributed by atoms with Crippen molar-refractivity contribution in [2.45, 2.75) is 24.8 Å². The van der Waals surface area contributed by atoms with Crippen molar-refractivity contribution in [3.63, 3.8) is 0 Å². The van der Waals surface area contributed by atoms with E-state index in [1.165, 1.54) is 7.11 Å². The van der Waals surface area contributed by atoms with Crippen LogP contribution in [0, 0.1) is 0 Å². The molecule has 1 unspecified atom stereocenters. The topological polar surface area (TPSA) is 90.3 Å². The Balaban J connectivity index is 2.55. The molecule has 1 N–H and O–H groups in total. The maximum atomic E-state index is 12.0. The molecule has 0 spiro atoms. The van der Waals surface area contributed by atoms with Gasteiger partial charge in [-0.15, -0.1) is 0 Å². The van der Waals surface area contributed by atoms with Crippen molar-refractivity contribution >= 4 is 5.97 Å². The van der Waals surface area contributed by atoms with E-state index in [9.17, 15) is 4.79 Å². The van der Waals surface area contributed by atoms with Gasteiger partial charge in [0.05, 0.1) is 7.11 Å². The second kappa shape index (κ2) is 7.20. The standard InChI is InChI=1S/C11H21N5O2/c1-16-8-3-5-11(9-16,10(17)18-2)13-6-4-7-14-15-12/h13H,3-9H2,1-2H3. The highest BCUT2D eigenvalue weighted by molar-refractivity contribution is 5.81. The number of esters is 1. The van der Waals surface area contributed by atoms with E-state index in [4.69, 9.17) is 10.3 Å². The van der Waals surface area contributed by atoms with Gasteiger partial charge in [0.2, 0.25) is 0 Å². The zero-order chi connectivity index (χ0) is 13.4. The lowest BCUT2D eigenvalue weighted by molar-refractivity contribution is -0.151. The van der Waals surface area contributed by atoms with Gasteiger partial charge in [-0.25, -0.2) is 0 Å². The highest BCUT2D eigenvalue weighted by atomic mass is 16.5. The molecule has 1 fully saturated rings. The van der Waals surface area contributed by atoms with Crippen LogP contribution >= 0.6 is 0 Å². The summed E-state index contributed by atoms with van der Waals surface area (Å²) in [7, 11) is 3.42. The number of methoxy groups -OCH3 is 1. The fourth-order valence-corrected chi connectivity index (χ4v) is 2.37. The van der Waals surface area contributed by atoms with Crippen LogP contribution in [0.25, 0.3) is 10.4 Å². The molecule has 0 aromatic heterocycles. The molecule has 1 aliphatic heterocycles. The summed E-state index contributed by atoms with van der Waals surface area (Å²) in [6.45, 7) is 2.74. The predicted molar refractivity (Wildman–Crippen MR) is 68.1 cm³/mol. The number of carbonyl (C=O) groups excluding carboxylic acids is 1. The minimum Gasteiger partial charge on any atom is -0.468 e. The number of hydrogen-bond donors (Lipinski definition) is 1. The number of ether oxygens (including phenoxy) is 1. The zero-order valence-electron chi connectivity index (χ0n) is 11.1. The third-order valence-electron chi connectivity index (χ3n) is 3.22. The van der Waals surface area contributed by atoms with Crippen molar-refractivity contribution in [3.8, 4) is 0 Å². The Labute approximate surface area is 107 Å². The summed E-state index contributed by atoms with van der Waals surface area (Å²) in [6, 6.07) is 0. The van der Waals surface area contributed by atoms with Crippen molar-refractivity contribution < 1.29 is 9.53 Å². The van der Waals surface area contributed by atoms with Gasteiger partial charge in [0.15, 0.2) is 0 Å². The van der Waals surface area contributed by atoms with Gasteiger partial charge in [0, 0.05) is 18.0 Å². The van der Waals surface area contributed by atoms with Crippen molar-refractivity contribution in [2.75, 3.05) is 40.3 Å². The van der Waals surface area contributed by atoms with Crippen molar-refractivity contribution in [1.29, 1.82) is 0 Å². The normalized spacial score (nSPS) is 24.3. The fourth-order valence-electron chi connectivity index (χ4n) is 2.37. The Morgan fingerprint density at radius 1 is 1.67 bits per heavy atom. The van der Waals surface area contributed by atoms with Gasteiger partial charge in [-0.05, 0) is 44.9 Å². The van der Waals surface area contributed by atoms with E-state index in [0.717, 1.165) is 19.4 Å². The first-order valence-corrected chi connectivity index (χ1v) is 6.17. The molecule has 0 aromatic rings. The van der Waals surface area contributed by atoms with Crippen molar-refractivity contribution in [1.82, 2.24) is 10.2 Å². The van der Waals surface area contributed by atoms with Crippen LogP contribution in [0.2, 0.25) is 0 Å². The summed E-state index contributed by atoms with van der Waals surface area (Å²) in [5.74, 6) is -0.210. The fraction of sp³-hybridized carbons (Fsp3) is 0.909. The number of hydrogen-bond acceptors (Lipinski definition) is 5. The predicted octanol–water partition coefficient (Wildman–Crippen LogP) is 0.914. The van der Waals surface area contributed by atoms with Crippen LogP contribution in [-0.2, 0) is 9.53 Å². The van der Waals surface area contributed by atoms with Crippen LogP contribution in [0.3, 0.4) is 0 Å². The molecular weight excluding hydrogens is 234 g/mol. The maximum Gasteiger partial charge on any atom is 0.327 e. The van der Waals surface area contributed by atoms with Gasteiger partial charge in [-0.2, -0.15) is 0 Å². The average molecular weight is 255 g/mol. The number of likely N-dealkylation sites (N-methyl/N-ethyl adjacent to an activating group) is 1. The molecule has 1 aliphatic rings. The first kappa shape index (κ1) is 14.8. The highest BCUT2D eigenvalue weighted by Crippen LogP contribution is 2.21. The van der Waals surface area contributed by atoms with Crippen LogP contribution in [0.4, 0.5) is 0 Å². The summed E-state index contributed by atoms with van der Waals surface area (Å²) < 4.78 is 4.91. The van der Waals surface area contributed by atoms with Crippen LogP contribution < -0.4 is 5.32 Å². The molecule has 102 valence electrons. The molecule has 7 heteroatoms. The van der Waals surface area contributed by atoms with E-state index in [-0.39, 0.29) is 5.97 Å². The monoisotopic (exact) mass is 255 g/mol. The molecule has 0 aliphatic carbocycles. The third kappa shape index (κ3) is 3.87. The Morgan fingerprint density at radius 3 is 3.06 bits per heavy atom. The molecule has 0 radical (unpaired) electrons. The molecule has 18 heavy (non-hydrogen) atoms. The number of rotatable bonds is 6. The maximum absolute atomic E-state index is 12.0. The van der Waals surface area contributed by atoms with Crippen LogP contribution in [-0.4, -0.2) is 56.7 Å². The van der Waals surface area contributed by atoms with Crippen molar-refractivity contribution in [3.05, 3.63) is 10.4 Å². The average Bonchev–Trinajstić information content (AvgIpc) is 2.37. The molecular formula is C11H21N5O2. The summed E-state index contributed by atoms with van der Waals surface area (Å²) in [5.41, 5.74) is 7.57. The number of carbonyl (C=O) groups is 1. The smallest absolute Gasteiger partial charge is 0.327 e. The van der Waals surface area contributed by atoms with E-state index >= 15 is 0 Å². The summed E-state index contributed by atoms with van der Waals surface area (Å²) in [6.07, 6.45) is 2.47. The Hall–Kier alpha value is -1.30. The quantitative estimate of drug-likeness (QED) is 0.251. The van der Waals surface area contributed by atoms with Gasteiger partial charge in [0.25, 0.3) is 0 Å². The lowest BCUT2D eigenvalue weighted by Crippen LogP contribution is -2.61. The Kier molecular flexibility index (Phi) is 5.91. The zero-order valence-corrected chi connectivity index (χ0v) is 11.1. The molecule has 0 amide bonds. The van der Waals surface area contributed by atoms with Crippen LogP contribution in [0.5, 0.6) is 0 Å². The van der Waals surface area contributed by atoms with Gasteiger partial charge in [-0.3, -0.25) is 4.79 Å². The number of likely N-dealkylation sites (tertiary alicyclic amines) is 1. The van der Waals surface area contributed by atoms with E-state index in [1.807, 2.05) is 7.05 Å². The highest BCUT2D eigenvalue weighted by Gasteiger charge is 2.41. The van der Waals surface area contributed by atoms with E-state index in [1.54, 1.807) is 0 Å². The van der Waals surface area contributed by atoms with E-state index in [2.05, 4.69) is 20.2 Å². The molecule has 0 bridgehead atoms. The summed E-state index contributed by atoms with van der Waals surface area (Å²) in [4.78, 5) is 16.8. The second-order valence-electron chi connectivity index (χ2n) is 4.65. The SMILES string of the molecule is COC(=O)C1(NCCCN=[N+]=[N-])CCCN(C)C1. The number of piperidine rings is 1. The van der Waals surface area contributed by atoms with Gasteiger partial charge < -0.3 is 15.0 Å². The molecule has 1 heterocycles. The molecule has 1 rings (SSSR count). The Bertz CT molecular complexity index is 329. The summed E-state index contributed by atoms with van der Waals surface area (Å²) in [5, 5.41) is 6.75. The molecule has 1 saturated heterocycles. The first-order chi connectivity index (χ1) is 8.64. The second-order valence-corrected chi connectivity index (χ2v) is 4.65. The summed E-state index contributed by atoms with van der Waals surface area (Å²) >= 11 is 0. The van der Waals surface area contributed by atoms with Crippen LogP contribution in [0.15, 0.2) is 5.11 Å². The lowest BCUT2D eigenvalue weighted by atomic mass is 9.89. The van der Waals surface area contributed by atoms with E-state index in [0.29, 0.717) is 26.1 Å². The molecule has 1 atom stereocenters. The lowest BCUT2D eigenvalue weighted by Gasteiger charge is -2.39. The molecule has 7 nitrogen and oxygen atoms in total. The largest absolute Gasteiger partial charge is 0.468 e. The third-order valence-corrected chi connectivity index (χ3v) is 3.22. The van der Waals surface area contributed by atoms with Crippen molar-refractivity contribution in [2.24, 2.45) is 5.11 Å². The first-order valence-electron chi connectivity index (χ1n) is 6.17. The van der Waals surface area contributed by atoms with Gasteiger partial charge in [-0.1, -0.05) is 5.11 Å². The minimum atomic E-state index is -0.613. The Morgan fingerprint density at radius 2 is 2.44 bits per heavy atom. The van der Waals surface area contributed by atoms with E-state index < -0.39 is 5.54 Å². The number of nitrogens with one attached hydrogen (secondary N) is 1.